The molecule has 1 aliphatic carbocycles. The molecule has 2 fully saturated rings. The van der Waals surface area contributed by atoms with E-state index >= 15 is 0 Å². The molecule has 1 aromatic carbocycles. The standard InChI is InChI=1S/C37H49ClN4O8/c1-8-48-34(45)37-18-23(37)13-10-9-12-21(2)16-22(3)30(40-35(46)50-36(4,5)6)33(44)42-20-24(17-27(42)31(43)41-37)49-32-25-14-11-15-26(38)29(25)28(47-7)19-39-32/h10-11,13-15,19,21-24,27,30H,8-9,12,16-18,20H2,1-7H3,(H,40,46)(H,41,43)/b13-10-/t21?,22-,23-,24-,27+,30+,37-/m1/s1. The van der Waals surface area contributed by atoms with Gasteiger partial charge in [0.25, 0.3) is 0 Å². The number of nitrogens with zero attached hydrogens (tertiary/aromatic N) is 2. The lowest BCUT2D eigenvalue weighted by Gasteiger charge is -2.33. The number of hydrogen-bond donors (Lipinski definition) is 2. The number of nitrogens with one attached hydrogen (secondary N) is 2. The molecule has 1 aromatic heterocycles. The fourth-order valence-electron chi connectivity index (χ4n) is 7.09. The van der Waals surface area contributed by atoms with Crippen LogP contribution in [-0.4, -0.2) is 83.3 Å². The summed E-state index contributed by atoms with van der Waals surface area (Å²) in [6, 6.07) is 3.32. The highest BCUT2D eigenvalue weighted by atomic mass is 35.5. The first kappa shape index (κ1) is 37.2. The summed E-state index contributed by atoms with van der Waals surface area (Å²) in [4.78, 5) is 61.2. The number of ether oxygens (including phenoxy) is 4. The molecule has 3 aliphatic rings. The first-order valence-corrected chi connectivity index (χ1v) is 17.8. The molecule has 272 valence electrons. The van der Waals surface area contributed by atoms with Crippen LogP contribution in [0.5, 0.6) is 11.6 Å². The molecule has 0 spiro atoms. The molecule has 50 heavy (non-hydrogen) atoms. The number of amides is 3. The van der Waals surface area contributed by atoms with E-state index in [1.54, 1.807) is 39.8 Å². The lowest BCUT2D eigenvalue weighted by atomic mass is 9.88. The van der Waals surface area contributed by atoms with Gasteiger partial charge in [0.1, 0.15) is 35.1 Å². The van der Waals surface area contributed by atoms with Gasteiger partial charge in [0.05, 0.1) is 31.5 Å². The summed E-state index contributed by atoms with van der Waals surface area (Å²) in [7, 11) is 1.53. The van der Waals surface area contributed by atoms with E-state index in [0.29, 0.717) is 34.4 Å². The third kappa shape index (κ3) is 8.11. The predicted octanol–water partition coefficient (Wildman–Crippen LogP) is 5.59. The molecule has 0 bridgehead atoms. The van der Waals surface area contributed by atoms with Crippen LogP contribution in [0.3, 0.4) is 0 Å². The Hall–Kier alpha value is -4.06. The molecule has 0 radical (unpaired) electrons. The Morgan fingerprint density at radius 1 is 1.18 bits per heavy atom. The SMILES string of the molecule is CCOC(=O)[C@@]12C[C@H]1/C=C\CCC(C)C[C@@H](C)[C@H](NC(=O)OC(C)(C)C)C(=O)N1C[C@H](Oc3ncc(OC)c4c(Cl)cccc34)C[C@H]1C(=O)N2. The number of hydrogen-bond acceptors (Lipinski definition) is 9. The topological polar surface area (TPSA) is 145 Å². The molecule has 12 nitrogen and oxygen atoms in total. The predicted molar refractivity (Wildman–Crippen MR) is 188 cm³/mol. The molecular formula is C37H49ClN4O8. The Bertz CT molecular complexity index is 1640. The number of esters is 1. The minimum atomic E-state index is -1.23. The Labute approximate surface area is 298 Å². The smallest absolute Gasteiger partial charge is 0.408 e. The van der Waals surface area contributed by atoms with Crippen LogP contribution in [0.4, 0.5) is 4.79 Å². The zero-order chi connectivity index (χ0) is 36.4. The fraction of sp³-hybridized carbons (Fsp3) is 0.595. The van der Waals surface area contributed by atoms with Crippen LogP contribution in [0.15, 0.2) is 36.5 Å². The van der Waals surface area contributed by atoms with Crippen molar-refractivity contribution in [3.05, 3.63) is 41.6 Å². The van der Waals surface area contributed by atoms with Crippen LogP contribution in [0.25, 0.3) is 10.8 Å². The Morgan fingerprint density at radius 2 is 1.94 bits per heavy atom. The summed E-state index contributed by atoms with van der Waals surface area (Å²) in [6.45, 7) is 11.2. The number of pyridine rings is 1. The molecule has 3 heterocycles. The van der Waals surface area contributed by atoms with E-state index in [2.05, 4.69) is 22.5 Å². The normalized spacial score (nSPS) is 29.4. The number of methoxy groups -OCH3 is 1. The zero-order valence-electron chi connectivity index (χ0n) is 29.9. The van der Waals surface area contributed by atoms with Gasteiger partial charge < -0.3 is 34.5 Å². The maximum absolute atomic E-state index is 14.6. The van der Waals surface area contributed by atoms with Crippen molar-refractivity contribution >= 4 is 46.3 Å². The molecule has 7 atom stereocenters. The number of carbonyl (C=O) groups excluding carboxylic acids is 4. The summed E-state index contributed by atoms with van der Waals surface area (Å²) in [5.74, 6) is -1.02. The summed E-state index contributed by atoms with van der Waals surface area (Å²) in [5.41, 5.74) is -2.01. The molecular weight excluding hydrogens is 664 g/mol. The minimum absolute atomic E-state index is 0.0250. The third-order valence-corrected chi connectivity index (χ3v) is 9.93. The molecule has 13 heteroatoms. The van der Waals surface area contributed by atoms with Crippen LogP contribution < -0.4 is 20.1 Å². The average Bonchev–Trinajstić information content (AvgIpc) is 3.57. The molecule has 1 saturated heterocycles. The van der Waals surface area contributed by atoms with Crippen molar-refractivity contribution in [2.24, 2.45) is 17.8 Å². The summed E-state index contributed by atoms with van der Waals surface area (Å²) in [5, 5.41) is 7.50. The third-order valence-electron chi connectivity index (χ3n) is 9.61. The molecule has 2 aromatic rings. The highest BCUT2D eigenvalue weighted by molar-refractivity contribution is 6.36. The average molecular weight is 713 g/mol. The van der Waals surface area contributed by atoms with Crippen molar-refractivity contribution in [1.82, 2.24) is 20.5 Å². The van der Waals surface area contributed by atoms with E-state index in [0.717, 1.165) is 12.8 Å². The first-order valence-electron chi connectivity index (χ1n) is 17.4. The second kappa shape index (κ2) is 15.0. The van der Waals surface area contributed by atoms with Crippen LogP contribution in [0.2, 0.25) is 5.02 Å². The molecule has 1 unspecified atom stereocenters. The van der Waals surface area contributed by atoms with Gasteiger partial charge in [0.2, 0.25) is 17.7 Å². The van der Waals surface area contributed by atoms with Gasteiger partial charge in [0, 0.05) is 23.1 Å². The lowest BCUT2D eigenvalue weighted by Crippen LogP contribution is -2.58. The van der Waals surface area contributed by atoms with Gasteiger partial charge in [-0.25, -0.2) is 14.6 Å². The van der Waals surface area contributed by atoms with Crippen LogP contribution in [-0.2, 0) is 23.9 Å². The number of allylic oxidation sites excluding steroid dienone is 1. The van der Waals surface area contributed by atoms with Crippen molar-refractivity contribution < 1.29 is 38.1 Å². The largest absolute Gasteiger partial charge is 0.494 e. The van der Waals surface area contributed by atoms with E-state index in [9.17, 15) is 19.2 Å². The van der Waals surface area contributed by atoms with Gasteiger partial charge in [-0.1, -0.05) is 43.7 Å². The maximum Gasteiger partial charge on any atom is 0.408 e. The quantitative estimate of drug-likeness (QED) is 0.289. The van der Waals surface area contributed by atoms with Gasteiger partial charge in [0.15, 0.2) is 0 Å². The molecule has 2 N–H and O–H groups in total. The van der Waals surface area contributed by atoms with Crippen molar-refractivity contribution in [3.8, 4) is 11.6 Å². The summed E-state index contributed by atoms with van der Waals surface area (Å²) >= 11 is 6.54. The van der Waals surface area contributed by atoms with Crippen molar-refractivity contribution in [3.63, 3.8) is 0 Å². The van der Waals surface area contributed by atoms with Crippen molar-refractivity contribution in [2.75, 3.05) is 20.3 Å². The van der Waals surface area contributed by atoms with E-state index in [4.69, 9.17) is 30.5 Å². The number of aromatic nitrogens is 1. The second-order valence-electron chi connectivity index (χ2n) is 14.7. The highest BCUT2D eigenvalue weighted by Crippen LogP contribution is 2.46. The van der Waals surface area contributed by atoms with E-state index in [1.165, 1.54) is 18.2 Å². The number of benzene rings is 1. The molecule has 1 saturated carbocycles. The van der Waals surface area contributed by atoms with Gasteiger partial charge in [-0.2, -0.15) is 0 Å². The van der Waals surface area contributed by atoms with E-state index < -0.39 is 53.2 Å². The number of fused-ring (bicyclic) bond motifs is 3. The summed E-state index contributed by atoms with van der Waals surface area (Å²) in [6.07, 6.45) is 6.91. The zero-order valence-corrected chi connectivity index (χ0v) is 30.7. The van der Waals surface area contributed by atoms with Gasteiger partial charge in [-0.05, 0) is 77.3 Å². The van der Waals surface area contributed by atoms with Crippen LogP contribution in [0.1, 0.15) is 73.6 Å². The Balaban J connectivity index is 1.52. The molecule has 3 amide bonds. The molecule has 2 aliphatic heterocycles. The fourth-order valence-corrected chi connectivity index (χ4v) is 7.36. The lowest BCUT2D eigenvalue weighted by molar-refractivity contribution is -0.150. The highest BCUT2D eigenvalue weighted by Gasteiger charge is 2.62. The second-order valence-corrected chi connectivity index (χ2v) is 15.1. The van der Waals surface area contributed by atoms with Crippen LogP contribution >= 0.6 is 11.6 Å². The number of carbonyl (C=O) groups is 4. The molecule has 5 rings (SSSR count). The van der Waals surface area contributed by atoms with E-state index in [-0.39, 0.29) is 43.2 Å². The van der Waals surface area contributed by atoms with Gasteiger partial charge >= 0.3 is 12.1 Å². The Morgan fingerprint density at radius 3 is 2.64 bits per heavy atom. The van der Waals surface area contributed by atoms with Crippen LogP contribution in [0, 0.1) is 17.8 Å². The van der Waals surface area contributed by atoms with Crippen molar-refractivity contribution in [2.45, 2.75) is 103 Å². The maximum atomic E-state index is 14.6. The number of halogens is 1. The van der Waals surface area contributed by atoms with Gasteiger partial charge in [-0.3, -0.25) is 9.59 Å². The van der Waals surface area contributed by atoms with E-state index in [1.807, 2.05) is 25.1 Å². The first-order chi connectivity index (χ1) is 23.7. The number of rotatable bonds is 6. The summed E-state index contributed by atoms with van der Waals surface area (Å²) < 4.78 is 22.9. The minimum Gasteiger partial charge on any atom is -0.494 e. The monoisotopic (exact) mass is 712 g/mol. The number of alkyl carbamates (subject to hydrolysis) is 1. The Kier molecular flexibility index (Phi) is 11.2. The van der Waals surface area contributed by atoms with Crippen molar-refractivity contribution in [1.29, 1.82) is 0 Å². The van der Waals surface area contributed by atoms with Gasteiger partial charge in [-0.15, -0.1) is 0 Å².